The van der Waals surface area contributed by atoms with Gasteiger partial charge in [-0.05, 0) is 30.2 Å². The van der Waals surface area contributed by atoms with Crippen molar-refractivity contribution < 1.29 is 5.11 Å². The molecule has 0 amide bonds. The van der Waals surface area contributed by atoms with Gasteiger partial charge in [-0.25, -0.2) is 9.98 Å². The Morgan fingerprint density at radius 2 is 1.87 bits per heavy atom. The minimum atomic E-state index is 0.340. The zero-order valence-electron chi connectivity index (χ0n) is 18.0. The van der Waals surface area contributed by atoms with Crippen LogP contribution in [0.5, 0.6) is 5.75 Å². The van der Waals surface area contributed by atoms with Crippen LogP contribution >= 0.6 is 0 Å². The zero-order valence-corrected chi connectivity index (χ0v) is 18.0. The highest BCUT2D eigenvalue weighted by Crippen LogP contribution is 2.27. The SMILES string of the molecule is CCNC(=NCc1cccc(Cn2ccnc2)c1)N1CCN(c2ccccc2O)CC1. The van der Waals surface area contributed by atoms with Crippen molar-refractivity contribution in [3.8, 4) is 5.75 Å². The summed E-state index contributed by atoms with van der Waals surface area (Å²) >= 11 is 0. The fraction of sp³-hybridized carbons (Fsp3) is 0.333. The number of para-hydroxylation sites is 2. The van der Waals surface area contributed by atoms with Gasteiger partial charge in [-0.3, -0.25) is 0 Å². The van der Waals surface area contributed by atoms with E-state index in [0.29, 0.717) is 12.3 Å². The maximum absolute atomic E-state index is 10.1. The van der Waals surface area contributed by atoms with Crippen molar-refractivity contribution in [1.29, 1.82) is 0 Å². The van der Waals surface area contributed by atoms with Crippen molar-refractivity contribution in [3.63, 3.8) is 0 Å². The number of imidazole rings is 1. The smallest absolute Gasteiger partial charge is 0.194 e. The number of benzene rings is 2. The first-order valence-corrected chi connectivity index (χ1v) is 10.8. The molecule has 0 spiro atoms. The second-order valence-corrected chi connectivity index (χ2v) is 7.69. The van der Waals surface area contributed by atoms with Gasteiger partial charge in [0.25, 0.3) is 0 Å². The third-order valence-corrected chi connectivity index (χ3v) is 5.46. The van der Waals surface area contributed by atoms with Crippen LogP contribution in [0, 0.1) is 0 Å². The van der Waals surface area contributed by atoms with Gasteiger partial charge in [0, 0.05) is 51.7 Å². The Kier molecular flexibility index (Phi) is 6.72. The van der Waals surface area contributed by atoms with Gasteiger partial charge >= 0.3 is 0 Å². The number of anilines is 1. The predicted octanol–water partition coefficient (Wildman–Crippen LogP) is 2.92. The molecule has 1 saturated heterocycles. The zero-order chi connectivity index (χ0) is 21.5. The molecule has 1 aliphatic rings. The molecular weight excluding hydrogens is 388 g/mol. The molecule has 2 N–H and O–H groups in total. The molecule has 2 heterocycles. The maximum Gasteiger partial charge on any atom is 0.194 e. The number of aromatic nitrogens is 2. The van der Waals surface area contributed by atoms with Gasteiger partial charge < -0.3 is 24.8 Å². The summed E-state index contributed by atoms with van der Waals surface area (Å²) in [4.78, 5) is 13.5. The fourth-order valence-corrected chi connectivity index (χ4v) is 3.90. The Hall–Kier alpha value is -3.48. The number of hydrogen-bond acceptors (Lipinski definition) is 4. The molecule has 0 aliphatic carbocycles. The van der Waals surface area contributed by atoms with Crippen LogP contribution < -0.4 is 10.2 Å². The van der Waals surface area contributed by atoms with E-state index in [1.54, 1.807) is 12.3 Å². The molecule has 0 unspecified atom stereocenters. The third-order valence-electron chi connectivity index (χ3n) is 5.46. The van der Waals surface area contributed by atoms with Crippen LogP contribution in [0.25, 0.3) is 0 Å². The quantitative estimate of drug-likeness (QED) is 0.476. The van der Waals surface area contributed by atoms with Gasteiger partial charge in [0.15, 0.2) is 5.96 Å². The molecule has 3 aromatic rings. The Morgan fingerprint density at radius 3 is 2.61 bits per heavy atom. The van der Waals surface area contributed by atoms with E-state index in [9.17, 15) is 5.11 Å². The molecular formula is C24H30N6O. The van der Waals surface area contributed by atoms with Crippen molar-refractivity contribution in [3.05, 3.63) is 78.4 Å². The maximum atomic E-state index is 10.1. The van der Waals surface area contributed by atoms with Crippen molar-refractivity contribution in [1.82, 2.24) is 19.8 Å². The number of rotatable bonds is 6. The summed E-state index contributed by atoms with van der Waals surface area (Å²) in [7, 11) is 0. The molecule has 7 heteroatoms. The third kappa shape index (κ3) is 5.36. The average Bonchev–Trinajstić information content (AvgIpc) is 3.30. The second kappa shape index (κ2) is 10.0. The van der Waals surface area contributed by atoms with Gasteiger partial charge in [0.05, 0.1) is 18.6 Å². The van der Waals surface area contributed by atoms with E-state index in [4.69, 9.17) is 4.99 Å². The number of phenolic OH excluding ortho intramolecular Hbond substituents is 1. The molecule has 1 aromatic heterocycles. The van der Waals surface area contributed by atoms with Gasteiger partial charge in [-0.2, -0.15) is 0 Å². The van der Waals surface area contributed by atoms with Crippen LogP contribution in [0.4, 0.5) is 5.69 Å². The second-order valence-electron chi connectivity index (χ2n) is 7.69. The van der Waals surface area contributed by atoms with Crippen molar-refractivity contribution in [2.75, 3.05) is 37.6 Å². The lowest BCUT2D eigenvalue weighted by Gasteiger charge is -2.37. The number of guanidine groups is 1. The lowest BCUT2D eigenvalue weighted by Crippen LogP contribution is -2.52. The van der Waals surface area contributed by atoms with E-state index in [1.165, 1.54) is 11.1 Å². The summed E-state index contributed by atoms with van der Waals surface area (Å²) in [6.45, 7) is 7.80. The summed E-state index contributed by atoms with van der Waals surface area (Å²) in [5, 5.41) is 13.6. The van der Waals surface area contributed by atoms with Gasteiger partial charge in [-0.15, -0.1) is 0 Å². The Morgan fingerprint density at radius 1 is 1.06 bits per heavy atom. The summed E-state index contributed by atoms with van der Waals surface area (Å²) in [6.07, 6.45) is 5.61. The molecule has 0 atom stereocenters. The Balaban J connectivity index is 1.39. The van der Waals surface area contributed by atoms with E-state index in [0.717, 1.165) is 50.9 Å². The number of aliphatic imine (C=N–C) groups is 1. The van der Waals surface area contributed by atoms with E-state index in [2.05, 4.69) is 55.9 Å². The minimum Gasteiger partial charge on any atom is -0.506 e. The molecule has 0 radical (unpaired) electrons. The summed E-state index contributed by atoms with van der Waals surface area (Å²) in [5.41, 5.74) is 3.34. The van der Waals surface area contributed by atoms with Crippen molar-refractivity contribution in [2.45, 2.75) is 20.0 Å². The largest absolute Gasteiger partial charge is 0.506 e. The first-order valence-electron chi connectivity index (χ1n) is 10.8. The van der Waals surface area contributed by atoms with Crippen LogP contribution in [0.3, 0.4) is 0 Å². The monoisotopic (exact) mass is 418 g/mol. The molecule has 0 saturated carbocycles. The molecule has 0 bridgehead atoms. The first kappa shape index (κ1) is 20.8. The highest BCUT2D eigenvalue weighted by Gasteiger charge is 2.21. The van der Waals surface area contributed by atoms with E-state index in [-0.39, 0.29) is 0 Å². The van der Waals surface area contributed by atoms with Gasteiger partial charge in [0.2, 0.25) is 0 Å². The van der Waals surface area contributed by atoms with Crippen molar-refractivity contribution >= 4 is 11.6 Å². The normalized spacial score (nSPS) is 14.7. The molecule has 31 heavy (non-hydrogen) atoms. The summed E-state index contributed by atoms with van der Waals surface area (Å²) in [5.74, 6) is 1.28. The van der Waals surface area contributed by atoms with Crippen LogP contribution in [-0.4, -0.2) is 58.2 Å². The standard InChI is InChI=1S/C24H30N6O/c1-2-26-24(30-14-12-29(13-15-30)22-8-3-4-9-23(22)31)27-17-20-6-5-7-21(16-20)18-28-11-10-25-19-28/h3-11,16,19,31H,2,12-15,17-18H2,1H3,(H,26,27). The number of hydrogen-bond donors (Lipinski definition) is 2. The molecule has 1 aliphatic heterocycles. The summed E-state index contributed by atoms with van der Waals surface area (Å²) in [6, 6.07) is 16.1. The number of aromatic hydroxyl groups is 1. The Bertz CT molecular complexity index is 993. The average molecular weight is 419 g/mol. The molecule has 162 valence electrons. The fourth-order valence-electron chi connectivity index (χ4n) is 3.90. The lowest BCUT2D eigenvalue weighted by molar-refractivity contribution is 0.369. The molecule has 2 aromatic carbocycles. The molecule has 4 rings (SSSR count). The Labute approximate surface area is 183 Å². The minimum absolute atomic E-state index is 0.340. The highest BCUT2D eigenvalue weighted by atomic mass is 16.3. The van der Waals surface area contributed by atoms with Crippen LogP contribution in [0.1, 0.15) is 18.1 Å². The topological polar surface area (TPSA) is 68.9 Å². The number of nitrogens with zero attached hydrogens (tertiary/aromatic N) is 5. The number of phenols is 1. The predicted molar refractivity (Wildman–Crippen MR) is 124 cm³/mol. The van der Waals surface area contributed by atoms with E-state index < -0.39 is 0 Å². The summed E-state index contributed by atoms with van der Waals surface area (Å²) < 4.78 is 2.07. The number of piperazine rings is 1. The van der Waals surface area contributed by atoms with E-state index >= 15 is 0 Å². The van der Waals surface area contributed by atoms with Crippen LogP contribution in [-0.2, 0) is 13.1 Å². The van der Waals surface area contributed by atoms with Crippen LogP contribution in [0.15, 0.2) is 72.2 Å². The molecule has 7 nitrogen and oxygen atoms in total. The van der Waals surface area contributed by atoms with Gasteiger partial charge in [0.1, 0.15) is 5.75 Å². The first-order chi connectivity index (χ1) is 15.2. The molecule has 1 fully saturated rings. The number of nitrogens with one attached hydrogen (secondary N) is 1. The van der Waals surface area contributed by atoms with Gasteiger partial charge in [-0.1, -0.05) is 36.4 Å². The van der Waals surface area contributed by atoms with E-state index in [1.807, 2.05) is 30.7 Å². The van der Waals surface area contributed by atoms with Crippen molar-refractivity contribution in [2.24, 2.45) is 4.99 Å². The highest BCUT2D eigenvalue weighted by molar-refractivity contribution is 5.80. The van der Waals surface area contributed by atoms with Crippen LogP contribution in [0.2, 0.25) is 0 Å². The lowest BCUT2D eigenvalue weighted by atomic mass is 10.1.